The van der Waals surface area contributed by atoms with Gasteiger partial charge in [0, 0.05) is 33.0 Å². The number of alkyl halides is 2. The lowest BCUT2D eigenvalue weighted by Crippen LogP contribution is -2.51. The van der Waals surface area contributed by atoms with Crippen molar-refractivity contribution in [3.63, 3.8) is 0 Å². The predicted molar refractivity (Wildman–Crippen MR) is 142 cm³/mol. The number of nitrogens with zero attached hydrogens (tertiary/aromatic N) is 4. The van der Waals surface area contributed by atoms with Gasteiger partial charge in [0.15, 0.2) is 0 Å². The summed E-state index contributed by atoms with van der Waals surface area (Å²) in [6.07, 6.45) is 4.78. The van der Waals surface area contributed by atoms with Crippen LogP contribution in [0.5, 0.6) is 0 Å². The lowest BCUT2D eigenvalue weighted by molar-refractivity contribution is -0.116. The van der Waals surface area contributed by atoms with Gasteiger partial charge in [0.2, 0.25) is 5.43 Å². The molecule has 0 amide bonds. The number of hydrogen-bond acceptors (Lipinski definition) is 5. The first-order valence-corrected chi connectivity index (χ1v) is 13.3. The Morgan fingerprint density at radius 2 is 2.00 bits per heavy atom. The van der Waals surface area contributed by atoms with Crippen LogP contribution in [-0.4, -0.2) is 38.7 Å². The van der Waals surface area contributed by atoms with Crippen molar-refractivity contribution >= 4 is 11.0 Å². The third-order valence-electron chi connectivity index (χ3n) is 8.25. The first kappa shape index (κ1) is 24.9. The number of rotatable bonds is 5. The summed E-state index contributed by atoms with van der Waals surface area (Å²) in [7, 11) is 1.76. The quantitative estimate of drug-likeness (QED) is 0.332. The van der Waals surface area contributed by atoms with Crippen LogP contribution in [0.2, 0.25) is 0 Å². The highest BCUT2D eigenvalue weighted by molar-refractivity contribution is 5.84. The van der Waals surface area contributed by atoms with Gasteiger partial charge in [-0.1, -0.05) is 31.2 Å². The standard InChI is InChI=1S/C30H32F2N4O2/c1-19-6-5-9-36(13-19)14-21-10-20(2)27-24(11-21)26(37)25(15-38-27)22-7-4-8-23(12-22)29(16-30(31,32)17-29)28-34-33-18-35(28)3/h4,7-8,10-12,15,18-19H,5-6,9,13-14,16-17H2,1-3H3. The number of fused-ring (bicyclic) bond motifs is 1. The van der Waals surface area contributed by atoms with Gasteiger partial charge in [0.1, 0.15) is 24.0 Å². The SMILES string of the molecule is Cc1cc(CN2CCCC(C)C2)cc2c(=O)c(-c3cccc(C4(c5nncn5C)CC(F)(F)C4)c3)coc12. The van der Waals surface area contributed by atoms with Crippen molar-refractivity contribution < 1.29 is 13.2 Å². The number of likely N-dealkylation sites (tertiary alicyclic amines) is 1. The Bertz CT molecular complexity index is 1570. The molecule has 1 aliphatic carbocycles. The van der Waals surface area contributed by atoms with Crippen molar-refractivity contribution in [2.45, 2.75) is 57.4 Å². The van der Waals surface area contributed by atoms with Crippen LogP contribution >= 0.6 is 0 Å². The van der Waals surface area contributed by atoms with E-state index in [-0.39, 0.29) is 18.3 Å². The van der Waals surface area contributed by atoms with E-state index in [0.717, 1.165) is 30.8 Å². The summed E-state index contributed by atoms with van der Waals surface area (Å²) >= 11 is 0. The fourth-order valence-electron chi connectivity index (χ4n) is 6.49. The van der Waals surface area contributed by atoms with Crippen LogP contribution in [0.25, 0.3) is 22.1 Å². The van der Waals surface area contributed by atoms with E-state index in [1.165, 1.54) is 25.4 Å². The van der Waals surface area contributed by atoms with Crippen LogP contribution in [0.1, 0.15) is 55.1 Å². The van der Waals surface area contributed by atoms with Crippen molar-refractivity contribution in [2.75, 3.05) is 13.1 Å². The molecule has 1 saturated heterocycles. The maximum Gasteiger partial charge on any atom is 0.250 e. The Balaban J connectivity index is 1.40. The Hall–Kier alpha value is -3.39. The molecule has 6 nitrogen and oxygen atoms in total. The number of piperidine rings is 1. The molecule has 0 spiro atoms. The fraction of sp³-hybridized carbons (Fsp3) is 0.433. The summed E-state index contributed by atoms with van der Waals surface area (Å²) in [5.74, 6) is -1.60. The molecule has 0 bridgehead atoms. The molecular weight excluding hydrogens is 486 g/mol. The zero-order valence-corrected chi connectivity index (χ0v) is 22.0. The van der Waals surface area contributed by atoms with Gasteiger partial charge in [0.25, 0.3) is 5.92 Å². The number of benzene rings is 2. The van der Waals surface area contributed by atoms with Crippen LogP contribution in [-0.2, 0) is 19.0 Å². The molecular formula is C30H32F2N4O2. The lowest BCUT2D eigenvalue weighted by Gasteiger charge is -2.46. The highest BCUT2D eigenvalue weighted by Crippen LogP contribution is 2.56. The van der Waals surface area contributed by atoms with E-state index in [0.29, 0.717) is 39.4 Å². The van der Waals surface area contributed by atoms with Crippen molar-refractivity contribution in [3.8, 4) is 11.1 Å². The van der Waals surface area contributed by atoms with Crippen LogP contribution in [0.4, 0.5) is 8.78 Å². The minimum absolute atomic E-state index is 0.119. The Labute approximate surface area is 220 Å². The molecule has 2 aromatic heterocycles. The molecule has 6 rings (SSSR count). The molecule has 8 heteroatoms. The molecule has 2 fully saturated rings. The smallest absolute Gasteiger partial charge is 0.250 e. The van der Waals surface area contributed by atoms with Gasteiger partial charge in [-0.05, 0) is 66.6 Å². The van der Waals surface area contributed by atoms with E-state index in [1.807, 2.05) is 37.3 Å². The van der Waals surface area contributed by atoms with Gasteiger partial charge < -0.3 is 8.98 Å². The molecule has 0 N–H and O–H groups in total. The minimum atomic E-state index is -2.77. The number of aromatic nitrogens is 3. The van der Waals surface area contributed by atoms with Gasteiger partial charge in [-0.2, -0.15) is 0 Å². The average molecular weight is 519 g/mol. The fourth-order valence-corrected chi connectivity index (χ4v) is 6.49. The monoisotopic (exact) mass is 518 g/mol. The van der Waals surface area contributed by atoms with E-state index in [1.54, 1.807) is 11.6 Å². The van der Waals surface area contributed by atoms with Crippen molar-refractivity contribution in [1.82, 2.24) is 19.7 Å². The molecule has 2 aromatic carbocycles. The van der Waals surface area contributed by atoms with Crippen molar-refractivity contribution in [2.24, 2.45) is 13.0 Å². The topological polar surface area (TPSA) is 64.2 Å². The van der Waals surface area contributed by atoms with Gasteiger partial charge in [-0.15, -0.1) is 10.2 Å². The normalized spacial score (nSPS) is 20.9. The third-order valence-corrected chi connectivity index (χ3v) is 8.25. The first-order valence-electron chi connectivity index (χ1n) is 13.3. The van der Waals surface area contributed by atoms with Crippen LogP contribution in [0.15, 0.2) is 58.2 Å². The Morgan fingerprint density at radius 3 is 2.71 bits per heavy atom. The van der Waals surface area contributed by atoms with E-state index in [9.17, 15) is 13.6 Å². The molecule has 0 radical (unpaired) electrons. The summed E-state index contributed by atoms with van der Waals surface area (Å²) in [5.41, 5.74) is 3.28. The zero-order chi connectivity index (χ0) is 26.7. The lowest BCUT2D eigenvalue weighted by atomic mass is 9.61. The zero-order valence-electron chi connectivity index (χ0n) is 22.0. The Morgan fingerprint density at radius 1 is 1.18 bits per heavy atom. The van der Waals surface area contributed by atoms with Crippen molar-refractivity contribution in [1.29, 1.82) is 0 Å². The molecule has 2 aliphatic rings. The van der Waals surface area contributed by atoms with Crippen LogP contribution in [0.3, 0.4) is 0 Å². The van der Waals surface area contributed by atoms with Gasteiger partial charge in [-0.25, -0.2) is 8.78 Å². The second-order valence-corrected chi connectivity index (χ2v) is 11.4. The average Bonchev–Trinajstić information content (AvgIpc) is 3.29. The summed E-state index contributed by atoms with van der Waals surface area (Å²) < 4.78 is 36.2. The van der Waals surface area contributed by atoms with Gasteiger partial charge >= 0.3 is 0 Å². The molecule has 1 saturated carbocycles. The molecule has 1 unspecified atom stereocenters. The second-order valence-electron chi connectivity index (χ2n) is 11.4. The molecule has 4 aromatic rings. The highest BCUT2D eigenvalue weighted by Gasteiger charge is 2.60. The molecule has 1 atom stereocenters. The largest absolute Gasteiger partial charge is 0.463 e. The molecule has 198 valence electrons. The second kappa shape index (κ2) is 9.12. The maximum absolute atomic E-state index is 14.2. The molecule has 38 heavy (non-hydrogen) atoms. The number of aryl methyl sites for hydroxylation is 2. The van der Waals surface area contributed by atoms with Crippen LogP contribution in [0, 0.1) is 12.8 Å². The predicted octanol–water partition coefficient (Wildman–Crippen LogP) is 5.84. The number of hydrogen-bond donors (Lipinski definition) is 0. The van der Waals surface area contributed by atoms with E-state index < -0.39 is 11.3 Å². The van der Waals surface area contributed by atoms with E-state index in [2.05, 4.69) is 28.1 Å². The van der Waals surface area contributed by atoms with Gasteiger partial charge in [-0.3, -0.25) is 9.69 Å². The summed E-state index contributed by atoms with van der Waals surface area (Å²) in [4.78, 5) is 16.2. The first-order chi connectivity index (χ1) is 18.1. The highest BCUT2D eigenvalue weighted by atomic mass is 19.3. The van der Waals surface area contributed by atoms with Crippen molar-refractivity contribution in [3.05, 3.63) is 81.7 Å². The third kappa shape index (κ3) is 4.25. The molecule has 3 heterocycles. The van der Waals surface area contributed by atoms with E-state index >= 15 is 0 Å². The summed E-state index contributed by atoms with van der Waals surface area (Å²) in [5, 5.41) is 8.66. The Kier molecular flexibility index (Phi) is 5.98. The number of halogens is 2. The molecule has 1 aliphatic heterocycles. The maximum atomic E-state index is 14.2. The van der Waals surface area contributed by atoms with Crippen LogP contribution < -0.4 is 5.43 Å². The summed E-state index contributed by atoms with van der Waals surface area (Å²) in [6, 6.07) is 11.4. The van der Waals surface area contributed by atoms with E-state index in [4.69, 9.17) is 4.42 Å². The minimum Gasteiger partial charge on any atom is -0.463 e. The van der Waals surface area contributed by atoms with Gasteiger partial charge in [0.05, 0.1) is 16.4 Å². The summed E-state index contributed by atoms with van der Waals surface area (Å²) in [6.45, 7) is 7.18.